The molecule has 0 aliphatic carbocycles. The summed E-state index contributed by atoms with van der Waals surface area (Å²) in [5.74, 6) is 0.516. The van der Waals surface area contributed by atoms with E-state index in [-0.39, 0.29) is 6.17 Å². The van der Waals surface area contributed by atoms with Crippen molar-refractivity contribution in [1.82, 2.24) is 16.2 Å². The Morgan fingerprint density at radius 3 is 3.07 bits per heavy atom. The molecule has 2 aliphatic rings. The summed E-state index contributed by atoms with van der Waals surface area (Å²) in [5.41, 5.74) is 11.9. The molecule has 3 atom stereocenters. The Bertz CT molecular complexity index is 245. The molecule has 78 valence electrons. The second kappa shape index (κ2) is 4.25. The van der Waals surface area contributed by atoms with Crippen LogP contribution >= 0.6 is 11.8 Å². The second-order valence-electron chi connectivity index (χ2n) is 3.64. The van der Waals surface area contributed by atoms with Gasteiger partial charge >= 0.3 is 0 Å². The molecule has 1 fully saturated rings. The number of nitrogens with two attached hydrogens (primary N) is 1. The molecule has 0 aromatic heterocycles. The normalized spacial score (nSPS) is 36.1. The van der Waals surface area contributed by atoms with Crippen molar-refractivity contribution in [2.24, 2.45) is 5.73 Å². The number of hydrogen-bond donors (Lipinski definition) is 4. The zero-order chi connectivity index (χ0) is 9.97. The summed E-state index contributed by atoms with van der Waals surface area (Å²) in [4.78, 5) is 0. The van der Waals surface area contributed by atoms with E-state index in [9.17, 15) is 0 Å². The molecule has 0 aromatic rings. The van der Waals surface area contributed by atoms with Gasteiger partial charge in [0.15, 0.2) is 0 Å². The Morgan fingerprint density at radius 1 is 1.57 bits per heavy atom. The average molecular weight is 212 g/mol. The molecule has 0 spiro atoms. The number of hydrazine groups is 1. The fourth-order valence-electron chi connectivity index (χ4n) is 1.80. The van der Waals surface area contributed by atoms with Crippen LogP contribution in [0.25, 0.3) is 0 Å². The van der Waals surface area contributed by atoms with Crippen LogP contribution in [0.3, 0.4) is 0 Å². The summed E-state index contributed by atoms with van der Waals surface area (Å²) < 4.78 is 0. The highest BCUT2D eigenvalue weighted by atomic mass is 32.2. The third-order valence-corrected chi connectivity index (χ3v) is 3.68. The molecule has 2 heterocycles. The van der Waals surface area contributed by atoms with E-state index in [4.69, 9.17) is 5.73 Å². The van der Waals surface area contributed by atoms with Crippen LogP contribution in [0.15, 0.2) is 23.9 Å². The third-order valence-electron chi connectivity index (χ3n) is 2.46. The molecule has 5 heteroatoms. The summed E-state index contributed by atoms with van der Waals surface area (Å²) in [7, 11) is 0. The first kappa shape index (κ1) is 9.89. The van der Waals surface area contributed by atoms with Crippen LogP contribution in [0.2, 0.25) is 0 Å². The predicted molar refractivity (Wildman–Crippen MR) is 60.1 cm³/mol. The lowest BCUT2D eigenvalue weighted by Gasteiger charge is -2.16. The summed E-state index contributed by atoms with van der Waals surface area (Å²) in [5, 5.41) is 5.90. The van der Waals surface area contributed by atoms with E-state index in [1.807, 2.05) is 11.8 Å². The van der Waals surface area contributed by atoms with Gasteiger partial charge in [0.1, 0.15) is 0 Å². The van der Waals surface area contributed by atoms with Gasteiger partial charge < -0.3 is 11.1 Å². The van der Waals surface area contributed by atoms with Crippen molar-refractivity contribution in [3.8, 4) is 0 Å². The van der Waals surface area contributed by atoms with Gasteiger partial charge in [0, 0.05) is 11.3 Å². The molecule has 0 bridgehead atoms. The molecular formula is C9H16N4S. The highest BCUT2D eigenvalue weighted by Gasteiger charge is 2.30. The molecule has 4 nitrogen and oxygen atoms in total. The molecule has 0 aromatic carbocycles. The van der Waals surface area contributed by atoms with Crippen molar-refractivity contribution in [3.05, 3.63) is 23.9 Å². The number of rotatable bonds is 3. The van der Waals surface area contributed by atoms with Gasteiger partial charge in [0.2, 0.25) is 0 Å². The first-order valence-electron chi connectivity index (χ1n) is 4.78. The summed E-state index contributed by atoms with van der Waals surface area (Å²) in [6, 6.07) is 0.506. The predicted octanol–water partition coefficient (Wildman–Crippen LogP) is 0.218. The maximum absolute atomic E-state index is 5.48. The van der Waals surface area contributed by atoms with E-state index >= 15 is 0 Å². The molecule has 0 amide bonds. The first-order chi connectivity index (χ1) is 6.75. The Morgan fingerprint density at radius 2 is 2.43 bits per heavy atom. The van der Waals surface area contributed by atoms with Crippen LogP contribution in [-0.2, 0) is 0 Å². The smallest absolute Gasteiger partial charge is 0.0923 e. The van der Waals surface area contributed by atoms with Gasteiger partial charge in [0.25, 0.3) is 0 Å². The van der Waals surface area contributed by atoms with Gasteiger partial charge in [-0.2, -0.15) is 0 Å². The molecule has 3 unspecified atom stereocenters. The van der Waals surface area contributed by atoms with Crippen LogP contribution in [0.1, 0.15) is 12.8 Å². The fourth-order valence-corrected chi connectivity index (χ4v) is 2.82. The molecule has 0 saturated carbocycles. The highest BCUT2D eigenvalue weighted by molar-refractivity contribution is 8.03. The minimum Gasteiger partial charge on any atom is -0.386 e. The molecule has 5 N–H and O–H groups in total. The maximum atomic E-state index is 5.48. The van der Waals surface area contributed by atoms with Crippen LogP contribution in [-0.4, -0.2) is 17.5 Å². The number of thioether (sulfide) groups is 1. The van der Waals surface area contributed by atoms with E-state index in [1.165, 1.54) is 0 Å². The van der Waals surface area contributed by atoms with Crippen molar-refractivity contribution >= 4 is 11.8 Å². The fraction of sp³-hybridized carbons (Fsp3) is 0.556. The van der Waals surface area contributed by atoms with Crippen molar-refractivity contribution in [3.63, 3.8) is 0 Å². The maximum Gasteiger partial charge on any atom is 0.0923 e. The molecular weight excluding hydrogens is 196 g/mol. The summed E-state index contributed by atoms with van der Waals surface area (Å²) in [6.45, 7) is 3.62. The average Bonchev–Trinajstić information content (AvgIpc) is 2.69. The van der Waals surface area contributed by atoms with E-state index in [0.717, 1.165) is 12.8 Å². The van der Waals surface area contributed by atoms with Gasteiger partial charge in [-0.25, -0.2) is 5.43 Å². The van der Waals surface area contributed by atoms with Crippen LogP contribution in [0, 0.1) is 0 Å². The third kappa shape index (κ3) is 2.23. The van der Waals surface area contributed by atoms with E-state index in [2.05, 4.69) is 34.2 Å². The monoisotopic (exact) mass is 212 g/mol. The topological polar surface area (TPSA) is 62.1 Å². The van der Waals surface area contributed by atoms with Gasteiger partial charge in [0.05, 0.1) is 12.0 Å². The standard InChI is InChI=1S/C9H16N4S/c1-6(10)11-9-5-7(12-13-9)8-3-2-4-14-8/h2,4,7-9,11-13H,1,3,5,10H2. The van der Waals surface area contributed by atoms with E-state index in [1.54, 1.807) is 0 Å². The lowest BCUT2D eigenvalue weighted by Crippen LogP contribution is -2.43. The minimum absolute atomic E-state index is 0.207. The van der Waals surface area contributed by atoms with Gasteiger partial charge in [-0.05, 0) is 18.2 Å². The van der Waals surface area contributed by atoms with Crippen LogP contribution < -0.4 is 21.9 Å². The van der Waals surface area contributed by atoms with Crippen molar-refractivity contribution in [2.75, 3.05) is 0 Å². The quantitative estimate of drug-likeness (QED) is 0.539. The van der Waals surface area contributed by atoms with Crippen LogP contribution in [0.5, 0.6) is 0 Å². The Kier molecular flexibility index (Phi) is 3.00. The SMILES string of the molecule is C=C(N)NC1CC(C2CC=CS2)NN1. The zero-order valence-corrected chi connectivity index (χ0v) is 8.81. The lowest BCUT2D eigenvalue weighted by molar-refractivity contribution is 0.493. The minimum atomic E-state index is 0.207. The number of allylic oxidation sites excluding steroid dienone is 1. The Labute approximate surface area is 88.4 Å². The van der Waals surface area contributed by atoms with Gasteiger partial charge in [-0.1, -0.05) is 12.7 Å². The molecule has 14 heavy (non-hydrogen) atoms. The Balaban J connectivity index is 1.79. The van der Waals surface area contributed by atoms with Crippen molar-refractivity contribution < 1.29 is 0 Å². The largest absolute Gasteiger partial charge is 0.386 e. The van der Waals surface area contributed by atoms with E-state index in [0.29, 0.717) is 17.1 Å². The molecule has 2 rings (SSSR count). The van der Waals surface area contributed by atoms with E-state index < -0.39 is 0 Å². The van der Waals surface area contributed by atoms with Crippen LogP contribution in [0.4, 0.5) is 0 Å². The highest BCUT2D eigenvalue weighted by Crippen LogP contribution is 2.29. The number of nitrogens with one attached hydrogen (secondary N) is 3. The van der Waals surface area contributed by atoms with Crippen molar-refractivity contribution in [2.45, 2.75) is 30.3 Å². The molecule has 1 saturated heterocycles. The number of hydrogen-bond acceptors (Lipinski definition) is 5. The Hall–Kier alpha value is -0.650. The molecule has 0 radical (unpaired) electrons. The molecule has 2 aliphatic heterocycles. The first-order valence-corrected chi connectivity index (χ1v) is 5.72. The van der Waals surface area contributed by atoms with Crippen molar-refractivity contribution in [1.29, 1.82) is 0 Å². The summed E-state index contributed by atoms with van der Waals surface area (Å²) >= 11 is 1.90. The van der Waals surface area contributed by atoms with Gasteiger partial charge in [-0.15, -0.1) is 11.8 Å². The lowest BCUT2D eigenvalue weighted by atomic mass is 10.1. The zero-order valence-electron chi connectivity index (χ0n) is 7.99. The second-order valence-corrected chi connectivity index (χ2v) is 4.78. The summed E-state index contributed by atoms with van der Waals surface area (Å²) in [6.07, 6.45) is 4.62. The van der Waals surface area contributed by atoms with Gasteiger partial charge in [-0.3, -0.25) is 5.43 Å².